The number of ether oxygens (including phenoxy) is 1. The van der Waals surface area contributed by atoms with Crippen LogP contribution in [-0.4, -0.2) is 22.3 Å². The topological polar surface area (TPSA) is 102 Å². The monoisotopic (exact) mass is 401 g/mol. The molecule has 3 rings (SSSR count). The van der Waals surface area contributed by atoms with Crippen LogP contribution in [0, 0.1) is 0 Å². The van der Waals surface area contributed by atoms with Crippen LogP contribution in [0.1, 0.15) is 16.1 Å². The molecule has 0 unspecified atom stereocenters. The molecule has 0 aliphatic heterocycles. The highest BCUT2D eigenvalue weighted by molar-refractivity contribution is 7.15. The average molecular weight is 402 g/mol. The van der Waals surface area contributed by atoms with Gasteiger partial charge in [-0.25, -0.2) is 5.43 Å². The number of benzene rings is 2. The number of carbonyl (C=O) groups excluding carboxylic acids is 1. The number of nitrogens with zero attached hydrogens (tertiary/aromatic N) is 3. The number of carbonyl (C=O) groups is 1. The van der Waals surface area contributed by atoms with Crippen molar-refractivity contribution in [2.75, 3.05) is 5.73 Å². The standard InChI is InChI=1S/C18H16ClN5O2S/c19-14-6-7-15(26-11-12-4-2-1-3-5-12)13(8-14)10-21-22-16(25)9-17-23-24-18(20)27-17/h1-8,10H,9,11H2,(H2,20,24)(H,22,25). The molecule has 1 aromatic heterocycles. The van der Waals surface area contributed by atoms with Crippen molar-refractivity contribution in [3.05, 3.63) is 69.7 Å². The molecule has 1 amide bonds. The molecule has 3 aromatic rings. The van der Waals surface area contributed by atoms with E-state index < -0.39 is 0 Å². The summed E-state index contributed by atoms with van der Waals surface area (Å²) in [6.45, 7) is 0.411. The summed E-state index contributed by atoms with van der Waals surface area (Å²) in [6.07, 6.45) is 1.54. The van der Waals surface area contributed by atoms with Gasteiger partial charge in [0.25, 0.3) is 0 Å². The van der Waals surface area contributed by atoms with Gasteiger partial charge in [-0.15, -0.1) is 10.2 Å². The second-order valence-electron chi connectivity index (χ2n) is 5.46. The number of anilines is 1. The maximum Gasteiger partial charge on any atom is 0.247 e. The molecule has 1 heterocycles. The van der Waals surface area contributed by atoms with Crippen LogP contribution >= 0.6 is 22.9 Å². The third-order valence-electron chi connectivity index (χ3n) is 3.40. The van der Waals surface area contributed by atoms with E-state index in [2.05, 4.69) is 20.7 Å². The Morgan fingerprint density at radius 3 is 2.81 bits per heavy atom. The van der Waals surface area contributed by atoms with E-state index in [9.17, 15) is 4.79 Å². The van der Waals surface area contributed by atoms with Gasteiger partial charge in [0.2, 0.25) is 11.0 Å². The molecular formula is C18H16ClN5O2S. The van der Waals surface area contributed by atoms with Crippen molar-refractivity contribution < 1.29 is 9.53 Å². The highest BCUT2D eigenvalue weighted by Gasteiger charge is 2.08. The minimum Gasteiger partial charge on any atom is -0.488 e. The molecule has 27 heavy (non-hydrogen) atoms. The average Bonchev–Trinajstić information content (AvgIpc) is 3.06. The third kappa shape index (κ3) is 5.77. The van der Waals surface area contributed by atoms with Crippen molar-refractivity contribution in [2.24, 2.45) is 5.10 Å². The maximum absolute atomic E-state index is 11.9. The van der Waals surface area contributed by atoms with Gasteiger partial charge in [0.1, 0.15) is 17.4 Å². The van der Waals surface area contributed by atoms with E-state index >= 15 is 0 Å². The van der Waals surface area contributed by atoms with E-state index in [1.807, 2.05) is 30.3 Å². The summed E-state index contributed by atoms with van der Waals surface area (Å²) in [4.78, 5) is 11.9. The zero-order valence-electron chi connectivity index (χ0n) is 14.1. The molecule has 0 aliphatic carbocycles. The predicted octanol–water partition coefficient (Wildman–Crippen LogP) is 3.05. The Bertz CT molecular complexity index is 946. The van der Waals surface area contributed by atoms with Crippen LogP contribution < -0.4 is 15.9 Å². The van der Waals surface area contributed by atoms with Crippen LogP contribution in [0.4, 0.5) is 5.13 Å². The van der Waals surface area contributed by atoms with Crippen molar-refractivity contribution in [3.8, 4) is 5.75 Å². The lowest BCUT2D eigenvalue weighted by atomic mass is 10.2. The highest BCUT2D eigenvalue weighted by Crippen LogP contribution is 2.22. The summed E-state index contributed by atoms with van der Waals surface area (Å²) >= 11 is 7.22. The normalized spacial score (nSPS) is 10.9. The molecule has 7 nitrogen and oxygen atoms in total. The zero-order valence-corrected chi connectivity index (χ0v) is 15.7. The summed E-state index contributed by atoms with van der Waals surface area (Å²) < 4.78 is 5.84. The van der Waals surface area contributed by atoms with E-state index in [-0.39, 0.29) is 12.3 Å². The molecule has 0 aliphatic rings. The Labute approximate surface area is 164 Å². The van der Waals surface area contributed by atoms with Gasteiger partial charge in [-0.2, -0.15) is 5.10 Å². The van der Waals surface area contributed by atoms with Crippen LogP contribution in [0.25, 0.3) is 0 Å². The van der Waals surface area contributed by atoms with Crippen LogP contribution in [0.5, 0.6) is 5.75 Å². The van der Waals surface area contributed by atoms with Crippen LogP contribution in [0.15, 0.2) is 53.6 Å². The first-order chi connectivity index (χ1) is 13.1. The maximum atomic E-state index is 11.9. The quantitative estimate of drug-likeness (QED) is 0.468. The van der Waals surface area contributed by atoms with Gasteiger partial charge in [0.15, 0.2) is 0 Å². The number of hydrogen-bond acceptors (Lipinski definition) is 7. The number of nitrogen functional groups attached to an aromatic ring is 1. The Kier molecular flexibility index (Phi) is 6.35. The molecule has 0 radical (unpaired) electrons. The van der Waals surface area contributed by atoms with Gasteiger partial charge in [-0.3, -0.25) is 4.79 Å². The molecule has 2 aromatic carbocycles. The minimum atomic E-state index is -0.323. The van der Waals surface area contributed by atoms with Crippen molar-refractivity contribution in [1.29, 1.82) is 0 Å². The number of amides is 1. The Morgan fingerprint density at radius 2 is 2.07 bits per heavy atom. The van der Waals surface area contributed by atoms with E-state index in [1.165, 1.54) is 6.21 Å². The van der Waals surface area contributed by atoms with Crippen molar-refractivity contribution >= 4 is 40.2 Å². The summed E-state index contributed by atoms with van der Waals surface area (Å²) in [5, 5.41) is 12.8. The lowest BCUT2D eigenvalue weighted by molar-refractivity contribution is -0.120. The van der Waals surface area contributed by atoms with Gasteiger partial charge in [-0.1, -0.05) is 53.3 Å². The summed E-state index contributed by atoms with van der Waals surface area (Å²) in [7, 11) is 0. The fourth-order valence-electron chi connectivity index (χ4n) is 2.18. The van der Waals surface area contributed by atoms with Gasteiger partial charge < -0.3 is 10.5 Å². The van der Waals surface area contributed by atoms with Crippen molar-refractivity contribution in [3.63, 3.8) is 0 Å². The summed E-state index contributed by atoms with van der Waals surface area (Å²) in [6, 6.07) is 15.0. The summed E-state index contributed by atoms with van der Waals surface area (Å²) in [5.41, 5.74) is 9.62. The van der Waals surface area contributed by atoms with Crippen LogP contribution in [0.3, 0.4) is 0 Å². The number of hydrazone groups is 1. The first-order valence-electron chi connectivity index (χ1n) is 7.96. The molecule has 0 saturated carbocycles. The van der Waals surface area contributed by atoms with Gasteiger partial charge in [-0.05, 0) is 23.8 Å². The smallest absolute Gasteiger partial charge is 0.247 e. The van der Waals surface area contributed by atoms with E-state index in [0.29, 0.717) is 33.1 Å². The van der Waals surface area contributed by atoms with Crippen molar-refractivity contribution in [1.82, 2.24) is 15.6 Å². The first kappa shape index (κ1) is 18.8. The number of rotatable bonds is 7. The largest absolute Gasteiger partial charge is 0.488 e. The van der Waals surface area contributed by atoms with E-state index in [0.717, 1.165) is 16.9 Å². The van der Waals surface area contributed by atoms with Crippen molar-refractivity contribution in [2.45, 2.75) is 13.0 Å². The molecule has 138 valence electrons. The Morgan fingerprint density at radius 1 is 1.26 bits per heavy atom. The van der Waals surface area contributed by atoms with Crippen LogP contribution in [0.2, 0.25) is 5.02 Å². The summed E-state index contributed by atoms with van der Waals surface area (Å²) in [5.74, 6) is 0.286. The third-order valence-corrected chi connectivity index (χ3v) is 4.38. The SMILES string of the molecule is Nc1nnc(CC(=O)NN=Cc2cc(Cl)ccc2OCc2ccccc2)s1. The van der Waals surface area contributed by atoms with Gasteiger partial charge in [0, 0.05) is 10.6 Å². The minimum absolute atomic E-state index is 0.0547. The number of nitrogens with one attached hydrogen (secondary N) is 1. The molecule has 0 spiro atoms. The molecule has 3 N–H and O–H groups in total. The predicted molar refractivity (Wildman–Crippen MR) is 106 cm³/mol. The Hall–Kier alpha value is -2.97. The van der Waals surface area contributed by atoms with Crippen LogP contribution in [-0.2, 0) is 17.8 Å². The highest BCUT2D eigenvalue weighted by atomic mass is 35.5. The molecule has 0 saturated heterocycles. The van der Waals surface area contributed by atoms with Gasteiger partial charge in [0.05, 0.1) is 12.6 Å². The second-order valence-corrected chi connectivity index (χ2v) is 6.99. The fourth-order valence-corrected chi connectivity index (χ4v) is 2.96. The zero-order chi connectivity index (χ0) is 19.1. The first-order valence-corrected chi connectivity index (χ1v) is 9.15. The number of hydrogen-bond donors (Lipinski definition) is 2. The number of halogens is 1. The number of aromatic nitrogens is 2. The lowest BCUT2D eigenvalue weighted by Crippen LogP contribution is -2.19. The van der Waals surface area contributed by atoms with E-state index in [4.69, 9.17) is 22.1 Å². The number of nitrogens with two attached hydrogens (primary N) is 1. The molecular weight excluding hydrogens is 386 g/mol. The molecule has 0 atom stereocenters. The Balaban J connectivity index is 1.61. The van der Waals surface area contributed by atoms with Gasteiger partial charge >= 0.3 is 0 Å². The lowest BCUT2D eigenvalue weighted by Gasteiger charge is -2.09. The fraction of sp³-hybridized carbons (Fsp3) is 0.111. The molecule has 0 fully saturated rings. The van der Waals surface area contributed by atoms with E-state index in [1.54, 1.807) is 18.2 Å². The second kappa shape index (κ2) is 9.11. The molecule has 0 bridgehead atoms. The molecule has 9 heteroatoms.